The SMILES string of the molecule is COC(=O)C1=C(C)N(c2cccc(C(F)(F)F)c2)c2n[nH]c(=O)n2C1c1ccc(C#N)cc1C[n+]1cccc(Cl)c1.O=C[O-]. The Labute approximate surface area is 252 Å². The Morgan fingerprint density at radius 3 is 2.61 bits per heavy atom. The summed E-state index contributed by atoms with van der Waals surface area (Å²) in [6.45, 7) is 1.26. The fourth-order valence-corrected chi connectivity index (χ4v) is 5.14. The second kappa shape index (κ2) is 12.8. The molecular formula is C29H22ClF3N6O5. The summed E-state index contributed by atoms with van der Waals surface area (Å²) in [4.78, 5) is 36.1. The molecule has 1 aliphatic heterocycles. The van der Waals surface area contributed by atoms with Gasteiger partial charge in [-0.25, -0.2) is 19.3 Å². The number of benzene rings is 2. The van der Waals surface area contributed by atoms with Gasteiger partial charge in [0.1, 0.15) is 11.1 Å². The number of carbonyl (C=O) groups is 2. The zero-order valence-corrected chi connectivity index (χ0v) is 23.8. The predicted octanol–water partition coefficient (Wildman–Crippen LogP) is 3.01. The third kappa shape index (κ3) is 6.18. The molecular weight excluding hydrogens is 605 g/mol. The van der Waals surface area contributed by atoms with Gasteiger partial charge in [-0.05, 0) is 48.9 Å². The molecule has 0 aliphatic carbocycles. The first-order valence-electron chi connectivity index (χ1n) is 12.6. The van der Waals surface area contributed by atoms with E-state index in [1.807, 2.05) is 0 Å². The minimum absolute atomic E-state index is 0.00274. The van der Waals surface area contributed by atoms with Gasteiger partial charge in [0.15, 0.2) is 18.9 Å². The van der Waals surface area contributed by atoms with E-state index < -0.39 is 35.9 Å². The first kappa shape index (κ1) is 31.5. The number of aromatic nitrogens is 4. The molecule has 4 aromatic rings. The van der Waals surface area contributed by atoms with E-state index in [0.29, 0.717) is 21.7 Å². The third-order valence-corrected chi connectivity index (χ3v) is 6.94. The van der Waals surface area contributed by atoms with Crippen LogP contribution >= 0.6 is 11.6 Å². The number of rotatable bonds is 5. The first-order chi connectivity index (χ1) is 20.9. The number of halogens is 4. The number of hydrogen-bond acceptors (Lipinski definition) is 8. The van der Waals surface area contributed by atoms with Crippen molar-refractivity contribution in [3.8, 4) is 6.07 Å². The topological polar surface area (TPSA) is 148 Å². The number of esters is 1. The van der Waals surface area contributed by atoms with Crippen LogP contribution in [-0.4, -0.2) is 34.3 Å². The van der Waals surface area contributed by atoms with Crippen molar-refractivity contribution in [2.45, 2.75) is 25.7 Å². The number of nitriles is 1. The van der Waals surface area contributed by atoms with E-state index in [9.17, 15) is 28.0 Å². The van der Waals surface area contributed by atoms with Crippen molar-refractivity contribution in [3.63, 3.8) is 0 Å². The fourth-order valence-electron chi connectivity index (χ4n) is 4.94. The molecule has 5 rings (SSSR count). The van der Waals surface area contributed by atoms with E-state index in [4.69, 9.17) is 26.2 Å². The molecule has 0 amide bonds. The van der Waals surface area contributed by atoms with E-state index in [0.717, 1.165) is 12.1 Å². The summed E-state index contributed by atoms with van der Waals surface area (Å²) in [7, 11) is 1.17. The highest BCUT2D eigenvalue weighted by Gasteiger charge is 2.41. The van der Waals surface area contributed by atoms with Crippen molar-refractivity contribution in [2.24, 2.45) is 0 Å². The molecule has 226 valence electrons. The van der Waals surface area contributed by atoms with Gasteiger partial charge < -0.3 is 14.6 Å². The van der Waals surface area contributed by atoms with Gasteiger partial charge in [-0.1, -0.05) is 23.7 Å². The van der Waals surface area contributed by atoms with E-state index in [1.165, 1.54) is 35.6 Å². The van der Waals surface area contributed by atoms with Gasteiger partial charge in [0.2, 0.25) is 5.95 Å². The largest absolute Gasteiger partial charge is 0.554 e. The van der Waals surface area contributed by atoms with E-state index in [-0.39, 0.29) is 29.5 Å². The minimum atomic E-state index is -4.63. The molecule has 1 unspecified atom stereocenters. The number of nitrogens with one attached hydrogen (secondary N) is 1. The summed E-state index contributed by atoms with van der Waals surface area (Å²) in [5.41, 5.74) is 0.0245. The van der Waals surface area contributed by atoms with Crippen LogP contribution in [-0.2, 0) is 27.0 Å². The van der Waals surface area contributed by atoms with Gasteiger partial charge in [-0.3, -0.25) is 4.90 Å². The fraction of sp³-hybridized carbons (Fsp3) is 0.172. The number of anilines is 2. The van der Waals surface area contributed by atoms with Crippen LogP contribution < -0.4 is 20.3 Å². The zero-order valence-electron chi connectivity index (χ0n) is 23.0. The van der Waals surface area contributed by atoms with E-state index in [2.05, 4.69) is 16.3 Å². The van der Waals surface area contributed by atoms with Crippen molar-refractivity contribution in [1.29, 1.82) is 5.26 Å². The molecule has 3 heterocycles. The van der Waals surface area contributed by atoms with Gasteiger partial charge in [0.25, 0.3) is 0 Å². The molecule has 1 aliphatic rings. The molecule has 44 heavy (non-hydrogen) atoms. The third-order valence-electron chi connectivity index (χ3n) is 6.72. The number of alkyl halides is 3. The van der Waals surface area contributed by atoms with Gasteiger partial charge >= 0.3 is 17.8 Å². The van der Waals surface area contributed by atoms with Crippen LogP contribution in [0, 0.1) is 11.3 Å². The normalized spacial score (nSPS) is 14.2. The van der Waals surface area contributed by atoms with Crippen molar-refractivity contribution in [3.05, 3.63) is 116 Å². The number of aromatic amines is 1. The second-order valence-corrected chi connectivity index (χ2v) is 9.73. The van der Waals surface area contributed by atoms with Crippen LogP contribution in [0.2, 0.25) is 5.02 Å². The molecule has 11 nitrogen and oxygen atoms in total. The number of pyridine rings is 1. The van der Waals surface area contributed by atoms with Gasteiger partial charge in [-0.15, -0.1) is 5.10 Å². The Balaban J connectivity index is 0.00000141. The summed E-state index contributed by atoms with van der Waals surface area (Å²) in [5.74, 6) is -0.829. The first-order valence-corrected chi connectivity index (χ1v) is 13.0. The van der Waals surface area contributed by atoms with Crippen LogP contribution in [0.5, 0.6) is 0 Å². The molecule has 0 spiro atoms. The highest BCUT2D eigenvalue weighted by molar-refractivity contribution is 6.30. The lowest BCUT2D eigenvalue weighted by atomic mass is 9.90. The predicted molar refractivity (Wildman–Crippen MR) is 147 cm³/mol. The molecule has 1 atom stereocenters. The molecule has 0 saturated carbocycles. The highest BCUT2D eigenvalue weighted by Crippen LogP contribution is 2.43. The number of fused-ring (bicyclic) bond motifs is 1. The summed E-state index contributed by atoms with van der Waals surface area (Å²) < 4.78 is 48.8. The molecule has 1 N–H and O–H groups in total. The van der Waals surface area contributed by atoms with Crippen molar-refractivity contribution >= 4 is 35.7 Å². The summed E-state index contributed by atoms with van der Waals surface area (Å²) in [6, 6.07) is 13.7. The lowest BCUT2D eigenvalue weighted by molar-refractivity contribution is -0.688. The quantitative estimate of drug-likeness (QED) is 0.202. The Kier molecular flexibility index (Phi) is 9.20. The average molecular weight is 627 g/mol. The smallest absolute Gasteiger partial charge is 0.416 e. The van der Waals surface area contributed by atoms with Gasteiger partial charge in [-0.2, -0.15) is 23.0 Å². The molecule has 0 saturated heterocycles. The molecule has 0 radical (unpaired) electrons. The van der Waals surface area contributed by atoms with Crippen molar-refractivity contribution < 1.29 is 37.2 Å². The van der Waals surface area contributed by atoms with Gasteiger partial charge in [0.05, 0.1) is 29.9 Å². The number of hydrogen-bond donors (Lipinski definition) is 1. The number of ether oxygens (including phenoxy) is 1. The lowest BCUT2D eigenvalue weighted by Crippen LogP contribution is -2.39. The lowest BCUT2D eigenvalue weighted by Gasteiger charge is -2.36. The number of nitrogens with zero attached hydrogens (tertiary/aromatic N) is 5. The number of H-pyrrole nitrogens is 1. The molecule has 0 fully saturated rings. The molecule has 0 bridgehead atoms. The zero-order chi connectivity index (χ0) is 32.2. The molecule has 2 aromatic heterocycles. The number of allylic oxidation sites excluding steroid dienone is 1. The monoisotopic (exact) mass is 626 g/mol. The van der Waals surface area contributed by atoms with Crippen molar-refractivity contribution in [1.82, 2.24) is 14.8 Å². The summed E-state index contributed by atoms with van der Waals surface area (Å²) >= 11 is 6.17. The summed E-state index contributed by atoms with van der Waals surface area (Å²) in [5, 5.41) is 24.8. The number of methoxy groups -OCH3 is 1. The van der Waals surface area contributed by atoms with E-state index >= 15 is 0 Å². The number of carboxylic acid groups (broad SMARTS) is 1. The van der Waals surface area contributed by atoms with Gasteiger partial charge in [0, 0.05) is 29.5 Å². The molecule has 2 aromatic carbocycles. The standard InChI is InChI=1S/C28H20ClF3N6O3.CH2O2/c1-16-23(25(39)41-2)24(22-9-8-17(13-33)11-18(22)14-36-10-4-6-20(29)15-36)38-26(34-35-27(38)40)37(16)21-7-3-5-19(12-21)28(30,31)32;2-1-3/h3-12,15,24H,14H2,1-2H3;1H,(H,2,3). The Morgan fingerprint density at radius 1 is 1.25 bits per heavy atom. The van der Waals surface area contributed by atoms with Crippen LogP contribution in [0.1, 0.15) is 35.2 Å². The maximum absolute atomic E-state index is 13.6. The average Bonchev–Trinajstić information content (AvgIpc) is 3.36. The minimum Gasteiger partial charge on any atom is -0.554 e. The number of carbonyl (C=O) groups excluding carboxylic acids is 2. The van der Waals surface area contributed by atoms with Crippen LogP contribution in [0.4, 0.5) is 24.8 Å². The Hall–Kier alpha value is -5.42. The second-order valence-electron chi connectivity index (χ2n) is 9.29. The maximum Gasteiger partial charge on any atom is 0.416 e. The summed E-state index contributed by atoms with van der Waals surface area (Å²) in [6.07, 6.45) is -1.18. The molecule has 15 heteroatoms. The van der Waals surface area contributed by atoms with Crippen LogP contribution in [0.15, 0.2) is 83.1 Å². The highest BCUT2D eigenvalue weighted by atomic mass is 35.5. The Bertz CT molecular complexity index is 1860. The van der Waals surface area contributed by atoms with Crippen molar-refractivity contribution in [2.75, 3.05) is 12.0 Å². The Morgan fingerprint density at radius 2 is 1.98 bits per heavy atom. The van der Waals surface area contributed by atoms with Crippen LogP contribution in [0.25, 0.3) is 0 Å². The maximum atomic E-state index is 13.6. The van der Waals surface area contributed by atoms with E-state index in [1.54, 1.807) is 47.3 Å². The van der Waals surface area contributed by atoms with Crippen LogP contribution in [0.3, 0.4) is 0 Å².